The highest BCUT2D eigenvalue weighted by Gasteiger charge is 2.30. The molecule has 0 aliphatic rings. The Morgan fingerprint density at radius 2 is 1.49 bits per heavy atom. The van der Waals surface area contributed by atoms with Crippen LogP contribution in [-0.2, 0) is 25.6 Å². The summed E-state index contributed by atoms with van der Waals surface area (Å²) in [4.78, 5) is 49.7. The summed E-state index contributed by atoms with van der Waals surface area (Å²) in [6.07, 6.45) is 0.109. The standard InChI is InChI=1S/C22H35N5O7S/c1-12(28)18(24)21(32)25-15(4-2-3-9-23)19(30)26-16(10-13-5-7-14(29)8-6-13)20(31)27-17(11-35)22(33)34/h5-8,12,15-18,28-29,35H,2-4,9-11,23-24H2,1H3,(H,25,32)(H,26,30)(H,27,31)(H,33,34). The summed E-state index contributed by atoms with van der Waals surface area (Å²) in [5.74, 6) is -3.64. The molecule has 1 rings (SSSR count). The van der Waals surface area contributed by atoms with Crippen LogP contribution in [0.5, 0.6) is 5.75 Å². The molecule has 12 nitrogen and oxygen atoms in total. The predicted molar refractivity (Wildman–Crippen MR) is 132 cm³/mol. The zero-order valence-electron chi connectivity index (χ0n) is 19.5. The van der Waals surface area contributed by atoms with Gasteiger partial charge in [-0.15, -0.1) is 0 Å². The number of aromatic hydroxyl groups is 1. The molecular weight excluding hydrogens is 478 g/mol. The average Bonchev–Trinajstić information content (AvgIpc) is 2.81. The Labute approximate surface area is 209 Å². The van der Waals surface area contributed by atoms with E-state index in [0.29, 0.717) is 24.9 Å². The van der Waals surface area contributed by atoms with Gasteiger partial charge in [0.2, 0.25) is 17.7 Å². The van der Waals surface area contributed by atoms with E-state index < -0.39 is 54.0 Å². The van der Waals surface area contributed by atoms with Crippen molar-refractivity contribution in [3.8, 4) is 5.75 Å². The summed E-state index contributed by atoms with van der Waals surface area (Å²) in [6, 6.07) is 1.11. The Morgan fingerprint density at radius 1 is 0.943 bits per heavy atom. The van der Waals surface area contributed by atoms with Gasteiger partial charge in [0.1, 0.15) is 29.9 Å². The average molecular weight is 514 g/mol. The Morgan fingerprint density at radius 3 is 2.00 bits per heavy atom. The van der Waals surface area contributed by atoms with E-state index in [1.807, 2.05) is 0 Å². The van der Waals surface area contributed by atoms with Gasteiger partial charge in [-0.05, 0) is 50.4 Å². The number of carboxylic acids is 1. The van der Waals surface area contributed by atoms with Gasteiger partial charge >= 0.3 is 5.97 Å². The molecule has 0 radical (unpaired) electrons. The van der Waals surface area contributed by atoms with Crippen molar-refractivity contribution in [2.45, 2.75) is 62.9 Å². The number of unbranched alkanes of at least 4 members (excludes halogenated alkanes) is 1. The second-order valence-electron chi connectivity index (χ2n) is 8.13. The van der Waals surface area contributed by atoms with E-state index >= 15 is 0 Å². The largest absolute Gasteiger partial charge is 0.508 e. The normalized spacial score (nSPS) is 15.2. The van der Waals surface area contributed by atoms with Crippen LogP contribution in [-0.4, -0.2) is 81.6 Å². The van der Waals surface area contributed by atoms with Crippen LogP contribution in [0.3, 0.4) is 0 Å². The lowest BCUT2D eigenvalue weighted by Gasteiger charge is -2.25. The summed E-state index contributed by atoms with van der Waals surface area (Å²) in [6.45, 7) is 1.72. The van der Waals surface area contributed by atoms with Gasteiger partial charge < -0.3 is 42.7 Å². The fourth-order valence-corrected chi connectivity index (χ4v) is 3.30. The highest BCUT2D eigenvalue weighted by atomic mass is 32.1. The molecule has 13 heteroatoms. The SMILES string of the molecule is CC(O)C(N)C(=O)NC(CCCCN)C(=O)NC(Cc1ccc(O)cc1)C(=O)NC(CS)C(=O)O. The van der Waals surface area contributed by atoms with Gasteiger partial charge in [0, 0.05) is 12.2 Å². The van der Waals surface area contributed by atoms with Crippen molar-refractivity contribution < 1.29 is 34.5 Å². The summed E-state index contributed by atoms with van der Waals surface area (Å²) in [7, 11) is 0. The lowest BCUT2D eigenvalue weighted by molar-refractivity contribution is -0.141. The second kappa shape index (κ2) is 15.2. The van der Waals surface area contributed by atoms with Crippen LogP contribution in [0.25, 0.3) is 0 Å². The second-order valence-corrected chi connectivity index (χ2v) is 8.49. The number of hydrogen-bond donors (Lipinski definition) is 9. The number of thiol groups is 1. The third kappa shape index (κ3) is 10.5. The van der Waals surface area contributed by atoms with E-state index in [1.165, 1.54) is 19.1 Å². The summed E-state index contributed by atoms with van der Waals surface area (Å²) < 4.78 is 0. The first kappa shape index (κ1) is 30.2. The molecule has 5 unspecified atom stereocenters. The molecule has 0 heterocycles. The maximum absolute atomic E-state index is 13.1. The summed E-state index contributed by atoms with van der Waals surface area (Å²) in [5.41, 5.74) is 11.8. The number of rotatable bonds is 15. The molecule has 196 valence electrons. The van der Waals surface area contributed by atoms with Crippen molar-refractivity contribution >= 4 is 36.3 Å². The number of nitrogens with one attached hydrogen (secondary N) is 3. The molecule has 0 bridgehead atoms. The van der Waals surface area contributed by atoms with Crippen LogP contribution in [0.15, 0.2) is 24.3 Å². The molecule has 0 saturated heterocycles. The number of phenolic OH excluding ortho intramolecular Hbond substituents is 1. The van der Waals surface area contributed by atoms with E-state index in [0.717, 1.165) is 0 Å². The van der Waals surface area contributed by atoms with Crippen molar-refractivity contribution in [1.82, 2.24) is 16.0 Å². The smallest absolute Gasteiger partial charge is 0.327 e. The minimum Gasteiger partial charge on any atom is -0.508 e. The molecule has 0 aliphatic carbocycles. The Balaban J connectivity index is 3.11. The predicted octanol–water partition coefficient (Wildman–Crippen LogP) is -1.76. The number of aliphatic carboxylic acids is 1. The van der Waals surface area contributed by atoms with Crippen LogP contribution >= 0.6 is 12.6 Å². The minimum absolute atomic E-state index is 0.0110. The molecule has 0 fully saturated rings. The van der Waals surface area contributed by atoms with E-state index in [1.54, 1.807) is 12.1 Å². The molecule has 5 atom stereocenters. The molecule has 1 aromatic rings. The number of carbonyl (C=O) groups excluding carboxylic acids is 3. The zero-order chi connectivity index (χ0) is 26.5. The van der Waals surface area contributed by atoms with Gasteiger partial charge in [0.15, 0.2) is 0 Å². The van der Waals surface area contributed by atoms with Gasteiger partial charge in [0.25, 0.3) is 0 Å². The number of benzene rings is 1. The first-order valence-electron chi connectivity index (χ1n) is 11.2. The number of aliphatic hydroxyl groups excluding tert-OH is 1. The topological polar surface area (TPSA) is 217 Å². The van der Waals surface area contributed by atoms with E-state index in [2.05, 4.69) is 28.6 Å². The van der Waals surface area contributed by atoms with E-state index in [4.69, 9.17) is 11.5 Å². The third-order valence-electron chi connectivity index (χ3n) is 5.21. The summed E-state index contributed by atoms with van der Waals surface area (Å²) in [5, 5.41) is 35.7. The quantitative estimate of drug-likeness (QED) is 0.0957. The van der Waals surface area contributed by atoms with Crippen LogP contribution in [0.2, 0.25) is 0 Å². The maximum Gasteiger partial charge on any atom is 0.327 e. The van der Waals surface area contributed by atoms with Crippen molar-refractivity contribution in [1.29, 1.82) is 0 Å². The Bertz CT molecular complexity index is 853. The zero-order valence-corrected chi connectivity index (χ0v) is 20.4. The van der Waals surface area contributed by atoms with Crippen LogP contribution < -0.4 is 27.4 Å². The third-order valence-corrected chi connectivity index (χ3v) is 5.57. The number of carbonyl (C=O) groups is 4. The van der Waals surface area contributed by atoms with Gasteiger partial charge in [-0.2, -0.15) is 12.6 Å². The lowest BCUT2D eigenvalue weighted by Crippen LogP contribution is -2.58. The minimum atomic E-state index is -1.29. The molecule has 0 aliphatic heterocycles. The fraction of sp³-hybridized carbons (Fsp3) is 0.545. The molecule has 0 spiro atoms. The van der Waals surface area contributed by atoms with Crippen molar-refractivity contribution in [2.75, 3.05) is 12.3 Å². The maximum atomic E-state index is 13.1. The molecule has 1 aromatic carbocycles. The fourth-order valence-electron chi connectivity index (χ4n) is 3.06. The first-order valence-corrected chi connectivity index (χ1v) is 11.8. The molecular formula is C22H35N5O7S. The van der Waals surface area contributed by atoms with Crippen molar-refractivity contribution in [2.24, 2.45) is 11.5 Å². The van der Waals surface area contributed by atoms with Crippen LogP contribution in [0, 0.1) is 0 Å². The monoisotopic (exact) mass is 513 g/mol. The Kier molecular flexibility index (Phi) is 13.1. The highest BCUT2D eigenvalue weighted by molar-refractivity contribution is 7.80. The van der Waals surface area contributed by atoms with E-state index in [9.17, 15) is 34.5 Å². The lowest BCUT2D eigenvalue weighted by atomic mass is 10.0. The number of carboxylic acid groups (broad SMARTS) is 1. The number of nitrogens with two attached hydrogens (primary N) is 2. The van der Waals surface area contributed by atoms with Crippen molar-refractivity contribution in [3.05, 3.63) is 29.8 Å². The molecule has 35 heavy (non-hydrogen) atoms. The molecule has 10 N–H and O–H groups in total. The molecule has 0 saturated carbocycles. The molecule has 0 aromatic heterocycles. The number of amides is 3. The highest BCUT2D eigenvalue weighted by Crippen LogP contribution is 2.12. The van der Waals surface area contributed by atoms with E-state index in [-0.39, 0.29) is 24.3 Å². The van der Waals surface area contributed by atoms with Gasteiger partial charge in [-0.1, -0.05) is 12.1 Å². The number of aliphatic hydroxyl groups is 1. The van der Waals surface area contributed by atoms with Gasteiger partial charge in [-0.25, -0.2) is 4.79 Å². The van der Waals surface area contributed by atoms with Gasteiger partial charge in [-0.3, -0.25) is 14.4 Å². The van der Waals surface area contributed by atoms with Gasteiger partial charge in [0.05, 0.1) is 6.10 Å². The van der Waals surface area contributed by atoms with Crippen LogP contribution in [0.4, 0.5) is 0 Å². The first-order chi connectivity index (χ1) is 16.5. The summed E-state index contributed by atoms with van der Waals surface area (Å²) >= 11 is 3.93. The Hall–Kier alpha value is -2.87. The van der Waals surface area contributed by atoms with Crippen LogP contribution in [0.1, 0.15) is 31.7 Å². The molecule has 3 amide bonds. The number of hydrogen-bond acceptors (Lipinski definition) is 9. The van der Waals surface area contributed by atoms with Crippen molar-refractivity contribution in [3.63, 3.8) is 0 Å². The number of phenols is 1.